The zero-order valence-electron chi connectivity index (χ0n) is 17.2. The van der Waals surface area contributed by atoms with Crippen molar-refractivity contribution in [3.63, 3.8) is 0 Å². The van der Waals surface area contributed by atoms with E-state index < -0.39 is 11.7 Å². The monoisotopic (exact) mass is 407 g/mol. The normalized spacial score (nSPS) is 14.7. The molecule has 0 spiro atoms. The van der Waals surface area contributed by atoms with E-state index in [4.69, 9.17) is 0 Å². The Morgan fingerprint density at radius 2 is 1.70 bits per heavy atom. The third-order valence-electron chi connectivity index (χ3n) is 5.57. The highest BCUT2D eigenvalue weighted by atomic mass is 16.2. The van der Waals surface area contributed by atoms with E-state index in [0.717, 1.165) is 36.7 Å². The lowest BCUT2D eigenvalue weighted by atomic mass is 10.1. The van der Waals surface area contributed by atoms with E-state index in [9.17, 15) is 9.59 Å². The maximum atomic E-state index is 12.4. The molecular weight excluding hydrogens is 378 g/mol. The molecule has 0 aromatic carbocycles. The predicted molar refractivity (Wildman–Crippen MR) is 115 cm³/mol. The molecule has 7 heteroatoms. The Balaban J connectivity index is 1.22. The van der Waals surface area contributed by atoms with E-state index in [1.54, 1.807) is 6.07 Å². The van der Waals surface area contributed by atoms with Gasteiger partial charge in [0.15, 0.2) is 0 Å². The molecule has 0 bridgehead atoms. The molecule has 4 rings (SSSR count). The van der Waals surface area contributed by atoms with Crippen LogP contribution in [-0.2, 0) is 24.2 Å². The number of carbonyl (C=O) groups is 2. The Morgan fingerprint density at radius 3 is 2.50 bits per heavy atom. The van der Waals surface area contributed by atoms with Gasteiger partial charge in [-0.1, -0.05) is 6.42 Å². The molecule has 4 N–H and O–H groups in total. The van der Waals surface area contributed by atoms with Gasteiger partial charge in [-0.25, -0.2) is 0 Å². The lowest BCUT2D eigenvalue weighted by Crippen LogP contribution is -2.32. The number of rotatable bonds is 9. The first-order chi connectivity index (χ1) is 14.7. The molecule has 3 aromatic heterocycles. The average molecular weight is 408 g/mol. The summed E-state index contributed by atoms with van der Waals surface area (Å²) in [5.74, 6) is -1.12. The number of piperidine rings is 1. The number of aromatic amines is 3. The second kappa shape index (κ2) is 9.63. The van der Waals surface area contributed by atoms with E-state index in [1.165, 1.54) is 25.0 Å². The molecule has 7 nitrogen and oxygen atoms in total. The van der Waals surface area contributed by atoms with Crippen LogP contribution in [0.4, 0.5) is 0 Å². The van der Waals surface area contributed by atoms with Gasteiger partial charge in [-0.3, -0.25) is 14.5 Å². The largest absolute Gasteiger partial charge is 0.365 e. The number of hydrogen-bond donors (Lipinski definition) is 4. The van der Waals surface area contributed by atoms with Crippen molar-refractivity contribution in [3.05, 3.63) is 71.1 Å². The van der Waals surface area contributed by atoms with Crippen LogP contribution in [0.2, 0.25) is 0 Å². The highest BCUT2D eigenvalue weighted by Crippen LogP contribution is 2.13. The smallest absolute Gasteiger partial charge is 0.293 e. The van der Waals surface area contributed by atoms with Crippen LogP contribution in [-0.4, -0.2) is 51.2 Å². The van der Waals surface area contributed by atoms with Gasteiger partial charge in [-0.2, -0.15) is 0 Å². The van der Waals surface area contributed by atoms with Gasteiger partial charge in [0.25, 0.3) is 11.7 Å². The quantitative estimate of drug-likeness (QED) is 0.324. The molecule has 0 radical (unpaired) electrons. The molecule has 3 aromatic rings. The molecule has 1 aliphatic rings. The fourth-order valence-electron chi connectivity index (χ4n) is 3.96. The Hall–Kier alpha value is -3.06. The summed E-state index contributed by atoms with van der Waals surface area (Å²) in [5, 5.41) is 2.73. The van der Waals surface area contributed by atoms with Gasteiger partial charge >= 0.3 is 0 Å². The topological polar surface area (TPSA) is 96.8 Å². The van der Waals surface area contributed by atoms with Crippen LogP contribution < -0.4 is 5.32 Å². The van der Waals surface area contributed by atoms with Crippen LogP contribution in [0.3, 0.4) is 0 Å². The second-order valence-corrected chi connectivity index (χ2v) is 7.95. The fourth-order valence-corrected chi connectivity index (χ4v) is 3.96. The van der Waals surface area contributed by atoms with Crippen molar-refractivity contribution in [2.75, 3.05) is 19.6 Å². The first-order valence-electron chi connectivity index (χ1n) is 10.7. The standard InChI is InChI=1S/C23H29N5O2/c29-22(21-9-8-19(27-21)15-18-5-4-11-24-18)23(30)25-12-10-17-6-7-20(26-17)16-28-13-2-1-3-14-28/h4-9,11,24,26-27H,1-3,10,12-16H2,(H,25,30). The van der Waals surface area contributed by atoms with Crippen molar-refractivity contribution in [1.29, 1.82) is 0 Å². The second-order valence-electron chi connectivity index (χ2n) is 7.95. The summed E-state index contributed by atoms with van der Waals surface area (Å²) < 4.78 is 0. The maximum absolute atomic E-state index is 12.4. The van der Waals surface area contributed by atoms with Gasteiger partial charge in [0.05, 0.1) is 5.69 Å². The molecule has 4 heterocycles. The average Bonchev–Trinajstić information content (AvgIpc) is 3.52. The number of aromatic nitrogens is 3. The van der Waals surface area contributed by atoms with E-state index >= 15 is 0 Å². The van der Waals surface area contributed by atoms with Crippen LogP contribution >= 0.6 is 0 Å². The number of amides is 1. The fraction of sp³-hybridized carbons (Fsp3) is 0.391. The number of nitrogens with one attached hydrogen (secondary N) is 4. The number of nitrogens with zero attached hydrogens (tertiary/aromatic N) is 1. The predicted octanol–water partition coefficient (Wildman–Crippen LogP) is 2.79. The first kappa shape index (κ1) is 20.2. The molecule has 1 saturated heterocycles. The molecular formula is C23H29N5O2. The minimum absolute atomic E-state index is 0.317. The Kier molecular flexibility index (Phi) is 6.49. The molecule has 0 atom stereocenters. The summed E-state index contributed by atoms with van der Waals surface area (Å²) in [6.45, 7) is 3.70. The SMILES string of the molecule is O=C(NCCc1ccc(CN2CCCCC2)[nH]1)C(=O)c1ccc(Cc2ccc[nH]2)[nH]1. The maximum Gasteiger partial charge on any atom is 0.293 e. The number of H-pyrrole nitrogens is 3. The van der Waals surface area contributed by atoms with E-state index in [-0.39, 0.29) is 0 Å². The number of ketones is 1. The highest BCUT2D eigenvalue weighted by molar-refractivity contribution is 6.42. The van der Waals surface area contributed by atoms with Gasteiger partial charge in [0.2, 0.25) is 0 Å². The molecule has 1 aliphatic heterocycles. The summed E-state index contributed by atoms with van der Waals surface area (Å²) in [7, 11) is 0. The van der Waals surface area contributed by atoms with Gasteiger partial charge in [-0.15, -0.1) is 0 Å². The molecule has 1 amide bonds. The first-order valence-corrected chi connectivity index (χ1v) is 10.7. The van der Waals surface area contributed by atoms with Gasteiger partial charge in [0.1, 0.15) is 0 Å². The van der Waals surface area contributed by atoms with Crippen LogP contribution in [0.5, 0.6) is 0 Å². The zero-order valence-corrected chi connectivity index (χ0v) is 17.2. The molecule has 30 heavy (non-hydrogen) atoms. The van der Waals surface area contributed by atoms with E-state index in [0.29, 0.717) is 25.1 Å². The van der Waals surface area contributed by atoms with Crippen molar-refractivity contribution < 1.29 is 9.59 Å². The summed E-state index contributed by atoms with van der Waals surface area (Å²) in [5.41, 5.74) is 4.53. The molecule has 0 unspecified atom stereocenters. The van der Waals surface area contributed by atoms with Crippen LogP contribution in [0, 0.1) is 0 Å². The summed E-state index contributed by atoms with van der Waals surface area (Å²) in [4.78, 5) is 36.7. The zero-order chi connectivity index (χ0) is 20.8. The lowest BCUT2D eigenvalue weighted by molar-refractivity contribution is -0.117. The third-order valence-corrected chi connectivity index (χ3v) is 5.57. The minimum Gasteiger partial charge on any atom is -0.365 e. The summed E-state index contributed by atoms with van der Waals surface area (Å²) >= 11 is 0. The highest BCUT2D eigenvalue weighted by Gasteiger charge is 2.18. The van der Waals surface area contributed by atoms with Crippen molar-refractivity contribution in [1.82, 2.24) is 25.2 Å². The Labute approximate surface area is 176 Å². The minimum atomic E-state index is -0.580. The summed E-state index contributed by atoms with van der Waals surface area (Å²) in [6.07, 6.45) is 7.08. The van der Waals surface area contributed by atoms with E-state index in [2.05, 4.69) is 37.3 Å². The van der Waals surface area contributed by atoms with Crippen LogP contribution in [0.1, 0.15) is 52.5 Å². The van der Waals surface area contributed by atoms with Gasteiger partial charge in [-0.05, 0) is 62.3 Å². The van der Waals surface area contributed by atoms with Crippen molar-refractivity contribution in [2.45, 2.75) is 38.6 Å². The number of hydrogen-bond acceptors (Lipinski definition) is 3. The number of Topliss-reactive ketones (excluding diaryl/α,β-unsaturated/α-hetero) is 1. The molecule has 1 fully saturated rings. The number of likely N-dealkylation sites (tertiary alicyclic amines) is 1. The van der Waals surface area contributed by atoms with Crippen molar-refractivity contribution in [3.8, 4) is 0 Å². The lowest BCUT2D eigenvalue weighted by Gasteiger charge is -2.25. The van der Waals surface area contributed by atoms with Crippen molar-refractivity contribution in [2.24, 2.45) is 0 Å². The van der Waals surface area contributed by atoms with Gasteiger partial charge in [0, 0.05) is 54.9 Å². The Morgan fingerprint density at radius 1 is 0.900 bits per heavy atom. The molecule has 0 saturated carbocycles. The van der Waals surface area contributed by atoms with E-state index in [1.807, 2.05) is 24.4 Å². The van der Waals surface area contributed by atoms with Crippen LogP contribution in [0.25, 0.3) is 0 Å². The van der Waals surface area contributed by atoms with Gasteiger partial charge < -0.3 is 20.3 Å². The molecule has 0 aliphatic carbocycles. The molecule has 158 valence electrons. The van der Waals surface area contributed by atoms with Crippen molar-refractivity contribution >= 4 is 11.7 Å². The third kappa shape index (κ3) is 5.30. The summed E-state index contributed by atoms with van der Waals surface area (Å²) in [6, 6.07) is 11.6. The number of carbonyl (C=O) groups excluding carboxylic acids is 2. The van der Waals surface area contributed by atoms with Crippen LogP contribution in [0.15, 0.2) is 42.6 Å². The Bertz CT molecular complexity index is 964.